The van der Waals surface area contributed by atoms with E-state index in [0.29, 0.717) is 6.54 Å². The third-order valence-electron chi connectivity index (χ3n) is 1.59. The largest absolute Gasteiger partial charge is 0.376 e. The summed E-state index contributed by atoms with van der Waals surface area (Å²) in [6.07, 6.45) is 0. The van der Waals surface area contributed by atoms with Crippen molar-refractivity contribution in [3.8, 4) is 0 Å². The second kappa shape index (κ2) is 6.15. The van der Waals surface area contributed by atoms with Crippen molar-refractivity contribution >= 4 is 35.4 Å². The van der Waals surface area contributed by atoms with E-state index in [2.05, 4.69) is 17.5 Å². The third kappa shape index (κ3) is 4.57. The third-order valence-corrected chi connectivity index (χ3v) is 1.73. The van der Waals surface area contributed by atoms with E-state index in [1.165, 1.54) is 12.1 Å². The van der Waals surface area contributed by atoms with Crippen molar-refractivity contribution in [1.82, 2.24) is 5.32 Å². The van der Waals surface area contributed by atoms with Gasteiger partial charge < -0.3 is 11.1 Å². The molecule has 5 nitrogen and oxygen atoms in total. The molecule has 82 valence electrons. The molecule has 0 amide bonds. The van der Waals surface area contributed by atoms with Crippen LogP contribution < -0.4 is 11.1 Å². The number of nitrogens with two attached hydrogens (primary N) is 1. The van der Waals surface area contributed by atoms with Gasteiger partial charge >= 0.3 is 0 Å². The summed E-state index contributed by atoms with van der Waals surface area (Å²) in [5.41, 5.74) is 6.06. The number of hydrogen-bond acceptors (Lipinski definition) is 3. The molecule has 0 unspecified atom stereocenters. The van der Waals surface area contributed by atoms with Crippen molar-refractivity contribution in [2.45, 2.75) is 6.54 Å². The maximum atomic E-state index is 10.4. The lowest BCUT2D eigenvalue weighted by Gasteiger charge is -2.02. The van der Waals surface area contributed by atoms with Gasteiger partial charge in [0.1, 0.15) is 0 Å². The summed E-state index contributed by atoms with van der Waals surface area (Å²) in [4.78, 5) is 9.99. The lowest BCUT2D eigenvalue weighted by molar-refractivity contribution is -0.384. The molecule has 0 saturated carbocycles. The predicted octanol–water partition coefficient (Wildman–Crippen LogP) is 1.35. The van der Waals surface area contributed by atoms with Crippen LogP contribution >= 0.6 is 24.6 Å². The van der Waals surface area contributed by atoms with Crippen LogP contribution in [0.1, 0.15) is 5.56 Å². The average Bonchev–Trinajstić information content (AvgIpc) is 2.15. The summed E-state index contributed by atoms with van der Waals surface area (Å²) in [5.74, 6) is 0. The average molecular weight is 248 g/mol. The molecule has 0 aliphatic heterocycles. The molecule has 0 aliphatic carbocycles. The normalized spacial score (nSPS) is 8.80. The zero-order valence-electron chi connectivity index (χ0n) is 7.67. The number of hydrogen-bond donors (Lipinski definition) is 2. The van der Waals surface area contributed by atoms with Gasteiger partial charge in [0.05, 0.1) is 4.92 Å². The van der Waals surface area contributed by atoms with Gasteiger partial charge in [-0.25, -0.2) is 0 Å². The van der Waals surface area contributed by atoms with Gasteiger partial charge in [-0.3, -0.25) is 10.1 Å². The highest BCUT2D eigenvalue weighted by molar-refractivity contribution is 7.80. The van der Waals surface area contributed by atoms with Crippen LogP contribution in [0.3, 0.4) is 0 Å². The van der Waals surface area contributed by atoms with Gasteiger partial charge in [-0.2, -0.15) is 0 Å². The Morgan fingerprint density at radius 2 is 2.27 bits per heavy atom. The molecule has 0 spiro atoms. The number of rotatable bonds is 3. The van der Waals surface area contributed by atoms with Crippen LogP contribution in [0.5, 0.6) is 0 Å². The molecule has 1 aromatic rings. The first kappa shape index (κ1) is 13.6. The molecule has 0 aliphatic rings. The smallest absolute Gasteiger partial charge is 0.269 e. The molecule has 1 aromatic carbocycles. The molecular formula is C8H10ClN3O2S. The minimum Gasteiger partial charge on any atom is -0.376 e. The number of nitrogens with zero attached hydrogens (tertiary/aromatic N) is 1. The molecular weight excluding hydrogens is 238 g/mol. The van der Waals surface area contributed by atoms with Gasteiger partial charge in [-0.15, -0.1) is 12.4 Å². The molecule has 0 bridgehead atoms. The topological polar surface area (TPSA) is 81.2 Å². The van der Waals surface area contributed by atoms with E-state index >= 15 is 0 Å². The highest BCUT2D eigenvalue weighted by atomic mass is 35.5. The quantitative estimate of drug-likeness (QED) is 0.479. The monoisotopic (exact) mass is 247 g/mol. The zero-order valence-corrected chi connectivity index (χ0v) is 9.31. The van der Waals surface area contributed by atoms with Gasteiger partial charge in [0.2, 0.25) is 0 Å². The van der Waals surface area contributed by atoms with Crippen molar-refractivity contribution in [3.63, 3.8) is 0 Å². The summed E-state index contributed by atoms with van der Waals surface area (Å²) in [6.45, 7) is 0.400. The van der Waals surface area contributed by atoms with E-state index in [1.807, 2.05) is 0 Å². The van der Waals surface area contributed by atoms with E-state index in [4.69, 9.17) is 5.73 Å². The lowest BCUT2D eigenvalue weighted by Crippen LogP contribution is -2.28. The molecule has 3 N–H and O–H groups in total. The fourth-order valence-corrected chi connectivity index (χ4v) is 1.04. The number of non-ortho nitro benzene ring substituents is 1. The Morgan fingerprint density at radius 3 is 2.80 bits per heavy atom. The zero-order chi connectivity index (χ0) is 10.6. The van der Waals surface area contributed by atoms with Gasteiger partial charge in [0, 0.05) is 18.7 Å². The van der Waals surface area contributed by atoms with Crippen LogP contribution in [0.4, 0.5) is 5.69 Å². The Morgan fingerprint density at radius 1 is 1.60 bits per heavy atom. The van der Waals surface area contributed by atoms with Crippen LogP contribution in [0, 0.1) is 10.1 Å². The SMILES string of the molecule is Cl.NC(=S)NCc1cccc([N+](=O)[O-])c1. The van der Waals surface area contributed by atoms with Crippen molar-refractivity contribution < 1.29 is 4.92 Å². The Kier molecular flexibility index (Phi) is 5.58. The number of nitrogens with one attached hydrogen (secondary N) is 1. The van der Waals surface area contributed by atoms with Gasteiger partial charge in [-0.05, 0) is 17.8 Å². The molecule has 15 heavy (non-hydrogen) atoms. The number of halogens is 1. The van der Waals surface area contributed by atoms with Gasteiger partial charge in [0.15, 0.2) is 5.11 Å². The summed E-state index contributed by atoms with van der Waals surface area (Å²) in [7, 11) is 0. The number of nitro benzene ring substituents is 1. The molecule has 0 fully saturated rings. The Hall–Kier alpha value is -1.40. The summed E-state index contributed by atoms with van der Waals surface area (Å²) < 4.78 is 0. The molecule has 0 radical (unpaired) electrons. The predicted molar refractivity (Wildman–Crippen MR) is 64.0 cm³/mol. The van der Waals surface area contributed by atoms with Crippen molar-refractivity contribution in [1.29, 1.82) is 0 Å². The van der Waals surface area contributed by atoms with Gasteiger partial charge in [-0.1, -0.05) is 12.1 Å². The maximum Gasteiger partial charge on any atom is 0.269 e. The molecule has 0 aromatic heterocycles. The number of thiocarbonyl (C=S) groups is 1. The lowest BCUT2D eigenvalue weighted by atomic mass is 10.2. The first-order valence-corrected chi connectivity index (χ1v) is 4.27. The summed E-state index contributed by atoms with van der Waals surface area (Å²) in [6, 6.07) is 6.29. The minimum absolute atomic E-state index is 0. The standard InChI is InChI=1S/C8H9N3O2S.ClH/c9-8(14)10-5-6-2-1-3-7(4-6)11(12)13;/h1-4H,5H2,(H3,9,10,14);1H. The van der Waals surface area contributed by atoms with Crippen LogP contribution in [0.2, 0.25) is 0 Å². The summed E-state index contributed by atoms with van der Waals surface area (Å²) >= 11 is 4.61. The Bertz CT molecular complexity index is 373. The second-order valence-electron chi connectivity index (χ2n) is 2.64. The fraction of sp³-hybridized carbons (Fsp3) is 0.125. The van der Waals surface area contributed by atoms with Crippen LogP contribution in [0.15, 0.2) is 24.3 Å². The van der Waals surface area contributed by atoms with E-state index in [9.17, 15) is 10.1 Å². The van der Waals surface area contributed by atoms with Crippen LogP contribution in [-0.4, -0.2) is 10.0 Å². The van der Waals surface area contributed by atoms with Gasteiger partial charge in [0.25, 0.3) is 5.69 Å². The molecule has 7 heteroatoms. The fourth-order valence-electron chi connectivity index (χ4n) is 0.969. The van der Waals surface area contributed by atoms with Crippen molar-refractivity contribution in [2.24, 2.45) is 5.73 Å². The first-order chi connectivity index (χ1) is 6.59. The van der Waals surface area contributed by atoms with Crippen LogP contribution in [0.25, 0.3) is 0 Å². The first-order valence-electron chi connectivity index (χ1n) is 3.86. The highest BCUT2D eigenvalue weighted by Crippen LogP contribution is 2.12. The van der Waals surface area contributed by atoms with Crippen LogP contribution in [-0.2, 0) is 6.54 Å². The van der Waals surface area contributed by atoms with E-state index < -0.39 is 4.92 Å². The Balaban J connectivity index is 0.00000196. The molecule has 0 saturated heterocycles. The molecule has 0 heterocycles. The van der Waals surface area contributed by atoms with E-state index in [-0.39, 0.29) is 23.2 Å². The minimum atomic E-state index is -0.440. The van der Waals surface area contributed by atoms with E-state index in [0.717, 1.165) is 5.56 Å². The number of nitro groups is 1. The summed E-state index contributed by atoms with van der Waals surface area (Å²) in [5, 5.41) is 13.3. The Labute approximate surface area is 98.2 Å². The van der Waals surface area contributed by atoms with Crippen molar-refractivity contribution in [2.75, 3.05) is 0 Å². The number of benzene rings is 1. The van der Waals surface area contributed by atoms with Crippen molar-refractivity contribution in [3.05, 3.63) is 39.9 Å². The maximum absolute atomic E-state index is 10.4. The molecule has 1 rings (SSSR count). The highest BCUT2D eigenvalue weighted by Gasteiger charge is 2.04. The second-order valence-corrected chi connectivity index (χ2v) is 3.08. The molecule has 0 atom stereocenters. The van der Waals surface area contributed by atoms with E-state index in [1.54, 1.807) is 12.1 Å².